The number of nitrogens with zero attached hydrogens (tertiary/aromatic N) is 2. The van der Waals surface area contributed by atoms with Crippen LogP contribution in [-0.2, 0) is 6.54 Å². The third-order valence-electron chi connectivity index (χ3n) is 2.49. The molecule has 2 heterocycles. The van der Waals surface area contributed by atoms with E-state index in [9.17, 15) is 0 Å². The molecule has 0 aromatic carbocycles. The van der Waals surface area contributed by atoms with Gasteiger partial charge in [0.15, 0.2) is 5.13 Å². The second kappa shape index (κ2) is 4.25. The molecule has 0 radical (unpaired) electrons. The third-order valence-corrected chi connectivity index (χ3v) is 3.46. The van der Waals surface area contributed by atoms with Crippen molar-refractivity contribution in [2.45, 2.75) is 13.5 Å². The molecule has 78 valence electrons. The standard InChI is InChI=1S/C9H16N4S/c1-7-8(14-9(10)12-7)6-13-4-2-11-3-5-13/h11H,2-6H2,1H3,(H2,10,12). The minimum atomic E-state index is 0.688. The van der Waals surface area contributed by atoms with Crippen LogP contribution in [0.25, 0.3) is 0 Å². The zero-order valence-corrected chi connectivity index (χ0v) is 9.23. The van der Waals surface area contributed by atoms with Crippen LogP contribution in [0.2, 0.25) is 0 Å². The summed E-state index contributed by atoms with van der Waals surface area (Å²) in [6.07, 6.45) is 0. The fraction of sp³-hybridized carbons (Fsp3) is 0.667. The lowest BCUT2D eigenvalue weighted by Crippen LogP contribution is -2.42. The molecule has 0 bridgehead atoms. The van der Waals surface area contributed by atoms with Crippen molar-refractivity contribution < 1.29 is 0 Å². The number of aryl methyl sites for hydroxylation is 1. The van der Waals surface area contributed by atoms with E-state index in [1.807, 2.05) is 6.92 Å². The molecule has 14 heavy (non-hydrogen) atoms. The van der Waals surface area contributed by atoms with Gasteiger partial charge < -0.3 is 11.1 Å². The minimum Gasteiger partial charge on any atom is -0.375 e. The van der Waals surface area contributed by atoms with Crippen LogP contribution < -0.4 is 11.1 Å². The maximum atomic E-state index is 5.66. The van der Waals surface area contributed by atoms with Gasteiger partial charge >= 0.3 is 0 Å². The molecule has 0 spiro atoms. The third kappa shape index (κ3) is 2.23. The Balaban J connectivity index is 1.98. The summed E-state index contributed by atoms with van der Waals surface area (Å²) < 4.78 is 0. The number of aromatic nitrogens is 1. The number of hydrogen-bond acceptors (Lipinski definition) is 5. The monoisotopic (exact) mass is 212 g/mol. The van der Waals surface area contributed by atoms with Crippen LogP contribution in [-0.4, -0.2) is 36.1 Å². The largest absolute Gasteiger partial charge is 0.375 e. The van der Waals surface area contributed by atoms with Crippen molar-refractivity contribution >= 4 is 16.5 Å². The van der Waals surface area contributed by atoms with E-state index in [1.54, 1.807) is 11.3 Å². The van der Waals surface area contributed by atoms with Crippen molar-refractivity contribution in [2.75, 3.05) is 31.9 Å². The molecular weight excluding hydrogens is 196 g/mol. The topological polar surface area (TPSA) is 54.2 Å². The Hall–Kier alpha value is -0.650. The van der Waals surface area contributed by atoms with Crippen LogP contribution in [0.4, 0.5) is 5.13 Å². The van der Waals surface area contributed by atoms with Crippen LogP contribution in [0, 0.1) is 6.92 Å². The van der Waals surface area contributed by atoms with Crippen molar-refractivity contribution in [3.8, 4) is 0 Å². The summed E-state index contributed by atoms with van der Waals surface area (Å²) in [4.78, 5) is 7.98. The van der Waals surface area contributed by atoms with Gasteiger partial charge in [-0.2, -0.15) is 0 Å². The van der Waals surface area contributed by atoms with Crippen LogP contribution in [0.3, 0.4) is 0 Å². The molecule has 1 aliphatic rings. The molecular formula is C9H16N4S. The van der Waals surface area contributed by atoms with Gasteiger partial charge in [0.1, 0.15) is 0 Å². The second-order valence-electron chi connectivity index (χ2n) is 3.59. The zero-order valence-electron chi connectivity index (χ0n) is 8.42. The summed E-state index contributed by atoms with van der Waals surface area (Å²) in [5, 5.41) is 4.03. The van der Waals surface area contributed by atoms with Gasteiger partial charge in [-0.3, -0.25) is 4.90 Å². The average molecular weight is 212 g/mol. The maximum Gasteiger partial charge on any atom is 0.180 e. The summed E-state index contributed by atoms with van der Waals surface area (Å²) in [6.45, 7) is 7.46. The summed E-state index contributed by atoms with van der Waals surface area (Å²) in [6, 6.07) is 0. The van der Waals surface area contributed by atoms with E-state index in [0.29, 0.717) is 5.13 Å². The molecule has 0 atom stereocenters. The molecule has 0 unspecified atom stereocenters. The van der Waals surface area contributed by atoms with Crippen molar-refractivity contribution in [1.82, 2.24) is 15.2 Å². The predicted octanol–water partition coefficient (Wildman–Crippen LogP) is 0.439. The van der Waals surface area contributed by atoms with Gasteiger partial charge in [0.2, 0.25) is 0 Å². The number of nitrogen functional groups attached to an aromatic ring is 1. The van der Waals surface area contributed by atoms with E-state index in [4.69, 9.17) is 5.73 Å². The molecule has 0 aliphatic carbocycles. The summed E-state index contributed by atoms with van der Waals surface area (Å²) in [5.74, 6) is 0. The Kier molecular flexibility index (Phi) is 3.00. The maximum absolute atomic E-state index is 5.66. The molecule has 5 heteroatoms. The van der Waals surface area contributed by atoms with Crippen LogP contribution >= 0.6 is 11.3 Å². The number of nitrogens with one attached hydrogen (secondary N) is 1. The predicted molar refractivity (Wildman–Crippen MR) is 59.4 cm³/mol. The lowest BCUT2D eigenvalue weighted by molar-refractivity contribution is 0.234. The highest BCUT2D eigenvalue weighted by Gasteiger charge is 2.13. The molecule has 1 aromatic heterocycles. The van der Waals surface area contributed by atoms with Crippen molar-refractivity contribution in [2.24, 2.45) is 0 Å². The zero-order chi connectivity index (χ0) is 9.97. The molecule has 3 N–H and O–H groups in total. The summed E-state index contributed by atoms with van der Waals surface area (Å²) in [7, 11) is 0. The number of hydrogen-bond donors (Lipinski definition) is 2. The molecule has 1 fully saturated rings. The quantitative estimate of drug-likeness (QED) is 0.747. The fourth-order valence-corrected chi connectivity index (χ4v) is 2.55. The fourth-order valence-electron chi connectivity index (χ4n) is 1.67. The first-order valence-electron chi connectivity index (χ1n) is 4.90. The molecule has 2 rings (SSSR count). The number of piperazine rings is 1. The Labute approximate surface area is 88.1 Å². The highest BCUT2D eigenvalue weighted by Crippen LogP contribution is 2.21. The van der Waals surface area contributed by atoms with Gasteiger partial charge in [-0.15, -0.1) is 11.3 Å². The Morgan fingerprint density at radius 3 is 2.79 bits per heavy atom. The second-order valence-corrected chi connectivity index (χ2v) is 4.70. The molecule has 4 nitrogen and oxygen atoms in total. The molecule has 1 aliphatic heterocycles. The van der Waals surface area contributed by atoms with Gasteiger partial charge in [-0.1, -0.05) is 0 Å². The highest BCUT2D eigenvalue weighted by atomic mass is 32.1. The van der Waals surface area contributed by atoms with Crippen LogP contribution in [0.15, 0.2) is 0 Å². The normalized spacial score (nSPS) is 18.6. The number of rotatable bonds is 2. The summed E-state index contributed by atoms with van der Waals surface area (Å²) in [5.41, 5.74) is 6.75. The van der Waals surface area contributed by atoms with E-state index >= 15 is 0 Å². The molecule has 1 aromatic rings. The van der Waals surface area contributed by atoms with Crippen LogP contribution in [0.1, 0.15) is 10.6 Å². The number of anilines is 1. The summed E-state index contributed by atoms with van der Waals surface area (Å²) >= 11 is 1.61. The van der Waals surface area contributed by atoms with E-state index in [1.165, 1.54) is 4.88 Å². The SMILES string of the molecule is Cc1nc(N)sc1CN1CCNCC1. The minimum absolute atomic E-state index is 0.688. The van der Waals surface area contributed by atoms with Gasteiger partial charge in [0, 0.05) is 37.6 Å². The van der Waals surface area contributed by atoms with Crippen LogP contribution in [0.5, 0.6) is 0 Å². The lowest BCUT2D eigenvalue weighted by Gasteiger charge is -2.26. The first-order valence-corrected chi connectivity index (χ1v) is 5.72. The highest BCUT2D eigenvalue weighted by molar-refractivity contribution is 7.15. The average Bonchev–Trinajstić information content (AvgIpc) is 2.47. The van der Waals surface area contributed by atoms with Gasteiger partial charge in [0.05, 0.1) is 5.69 Å². The van der Waals surface area contributed by atoms with Crippen molar-refractivity contribution in [1.29, 1.82) is 0 Å². The van der Waals surface area contributed by atoms with E-state index in [2.05, 4.69) is 15.2 Å². The first kappa shape index (κ1) is 9.89. The van der Waals surface area contributed by atoms with Gasteiger partial charge in [0.25, 0.3) is 0 Å². The van der Waals surface area contributed by atoms with Crippen molar-refractivity contribution in [3.05, 3.63) is 10.6 Å². The lowest BCUT2D eigenvalue weighted by atomic mass is 10.3. The molecule has 0 saturated carbocycles. The molecule has 0 amide bonds. The Morgan fingerprint density at radius 1 is 1.50 bits per heavy atom. The Bertz CT molecular complexity index is 304. The smallest absolute Gasteiger partial charge is 0.180 e. The number of nitrogens with two attached hydrogens (primary N) is 1. The Morgan fingerprint density at radius 2 is 2.21 bits per heavy atom. The van der Waals surface area contributed by atoms with Gasteiger partial charge in [-0.05, 0) is 6.92 Å². The molecule has 1 saturated heterocycles. The van der Waals surface area contributed by atoms with E-state index < -0.39 is 0 Å². The number of thiazole rings is 1. The van der Waals surface area contributed by atoms with Gasteiger partial charge in [-0.25, -0.2) is 4.98 Å². The van der Waals surface area contributed by atoms with E-state index in [0.717, 1.165) is 38.4 Å². The van der Waals surface area contributed by atoms with E-state index in [-0.39, 0.29) is 0 Å². The first-order chi connectivity index (χ1) is 6.75. The van der Waals surface area contributed by atoms with Crippen molar-refractivity contribution in [3.63, 3.8) is 0 Å².